The van der Waals surface area contributed by atoms with Gasteiger partial charge in [0, 0.05) is 38.9 Å². The molecule has 11 rings (SSSR count). The summed E-state index contributed by atoms with van der Waals surface area (Å²) in [7, 11) is 0. The van der Waals surface area contributed by atoms with Crippen molar-refractivity contribution in [3.63, 3.8) is 0 Å². The average Bonchev–Trinajstić information content (AvgIpc) is 3.82. The molecule has 9 aromatic rings. The number of aromatic amines is 1. The number of rotatable bonds is 4. The Morgan fingerprint density at radius 3 is 1.53 bits per heavy atom. The van der Waals surface area contributed by atoms with Crippen LogP contribution in [0.5, 0.6) is 0 Å². The van der Waals surface area contributed by atoms with Gasteiger partial charge in [-0.3, -0.25) is 0 Å². The summed E-state index contributed by atoms with van der Waals surface area (Å²) in [6.07, 6.45) is 0. The van der Waals surface area contributed by atoms with Crippen molar-refractivity contribution in [2.45, 2.75) is 5.41 Å². The minimum Gasteiger partial charge on any atom is -0.355 e. The van der Waals surface area contributed by atoms with Gasteiger partial charge in [-0.2, -0.15) is 0 Å². The Morgan fingerprint density at radius 2 is 0.843 bits per heavy atom. The lowest BCUT2D eigenvalue weighted by Crippen LogP contribution is -2.26. The van der Waals surface area contributed by atoms with Gasteiger partial charge in [0.05, 0.1) is 5.41 Å². The molecule has 2 aliphatic rings. The molecule has 0 amide bonds. The Morgan fingerprint density at radius 1 is 0.333 bits per heavy atom. The van der Waals surface area contributed by atoms with E-state index in [9.17, 15) is 0 Å². The third-order valence-corrected chi connectivity index (χ3v) is 11.2. The standard InChI is InChI=1S/C49H32N2/c1-2-12-34(13-3-1)51(35-25-22-32(23-26-35)33-24-29-48-42(30-33)41-17-7-11-21-47(41)50-48)36-27-28-40-39-16-6-10-20-45(39)49(46(40)31-36)43-18-8-4-14-37(43)38-15-5-9-19-44(38)49/h1-31,50H. The smallest absolute Gasteiger partial charge is 0.0726 e. The summed E-state index contributed by atoms with van der Waals surface area (Å²) in [6, 6.07) is 69.2. The summed E-state index contributed by atoms with van der Waals surface area (Å²) in [5, 5.41) is 2.51. The summed E-state index contributed by atoms with van der Waals surface area (Å²) in [4.78, 5) is 5.96. The predicted molar refractivity (Wildman–Crippen MR) is 212 cm³/mol. The van der Waals surface area contributed by atoms with E-state index in [0.29, 0.717) is 0 Å². The Kier molecular flexibility index (Phi) is 5.91. The number of nitrogens with zero attached hydrogens (tertiary/aromatic N) is 1. The van der Waals surface area contributed by atoms with E-state index >= 15 is 0 Å². The van der Waals surface area contributed by atoms with Crippen LogP contribution >= 0.6 is 0 Å². The van der Waals surface area contributed by atoms with E-state index in [-0.39, 0.29) is 5.41 Å². The maximum atomic E-state index is 3.56. The molecule has 1 spiro atoms. The lowest BCUT2D eigenvalue weighted by atomic mass is 9.70. The summed E-state index contributed by atoms with van der Waals surface area (Å²) in [5.41, 5.74) is 18.4. The number of nitrogens with one attached hydrogen (secondary N) is 1. The molecule has 0 aliphatic heterocycles. The molecule has 0 unspecified atom stereocenters. The average molecular weight is 649 g/mol. The maximum Gasteiger partial charge on any atom is 0.0726 e. The normalized spacial score (nSPS) is 13.3. The van der Waals surface area contributed by atoms with Crippen molar-refractivity contribution < 1.29 is 0 Å². The Labute approximate surface area is 296 Å². The largest absolute Gasteiger partial charge is 0.355 e. The van der Waals surface area contributed by atoms with Crippen molar-refractivity contribution >= 4 is 38.9 Å². The zero-order valence-electron chi connectivity index (χ0n) is 27.8. The summed E-state index contributed by atoms with van der Waals surface area (Å²) in [6.45, 7) is 0. The Bertz CT molecular complexity index is 2740. The molecule has 238 valence electrons. The first-order valence-corrected chi connectivity index (χ1v) is 17.7. The molecule has 1 N–H and O–H groups in total. The number of aromatic nitrogens is 1. The lowest BCUT2D eigenvalue weighted by Gasteiger charge is -2.32. The van der Waals surface area contributed by atoms with Crippen LogP contribution in [0.1, 0.15) is 22.3 Å². The third-order valence-electron chi connectivity index (χ3n) is 11.2. The van der Waals surface area contributed by atoms with E-state index < -0.39 is 0 Å². The van der Waals surface area contributed by atoms with Crippen molar-refractivity contribution in [2.75, 3.05) is 4.90 Å². The molecule has 2 nitrogen and oxygen atoms in total. The second-order valence-electron chi connectivity index (χ2n) is 13.8. The fourth-order valence-corrected chi connectivity index (χ4v) is 9.08. The monoisotopic (exact) mass is 648 g/mol. The molecule has 2 aliphatic carbocycles. The van der Waals surface area contributed by atoms with Gasteiger partial charge in [-0.1, -0.05) is 133 Å². The quantitative estimate of drug-likeness (QED) is 0.201. The molecule has 0 saturated carbocycles. The van der Waals surface area contributed by atoms with Crippen LogP contribution in [0.15, 0.2) is 188 Å². The minimum absolute atomic E-state index is 0.387. The first-order valence-electron chi connectivity index (χ1n) is 17.7. The summed E-state index contributed by atoms with van der Waals surface area (Å²) in [5.74, 6) is 0. The second-order valence-corrected chi connectivity index (χ2v) is 13.8. The van der Waals surface area contributed by atoms with Crippen LogP contribution in [-0.2, 0) is 5.41 Å². The second kappa shape index (κ2) is 10.7. The number of para-hydroxylation sites is 2. The molecule has 0 bridgehead atoms. The molecule has 1 aromatic heterocycles. The molecule has 0 saturated heterocycles. The zero-order chi connectivity index (χ0) is 33.5. The van der Waals surface area contributed by atoms with Gasteiger partial charge in [0.1, 0.15) is 0 Å². The first kappa shape index (κ1) is 28.2. The molecule has 0 atom stereocenters. The van der Waals surface area contributed by atoms with Gasteiger partial charge in [-0.15, -0.1) is 0 Å². The van der Waals surface area contributed by atoms with Crippen LogP contribution < -0.4 is 4.90 Å². The van der Waals surface area contributed by atoms with E-state index in [1.807, 2.05) is 0 Å². The molecular weight excluding hydrogens is 617 g/mol. The highest BCUT2D eigenvalue weighted by atomic mass is 15.1. The van der Waals surface area contributed by atoms with Crippen LogP contribution in [0.25, 0.3) is 55.2 Å². The van der Waals surface area contributed by atoms with Crippen LogP contribution in [0.3, 0.4) is 0 Å². The van der Waals surface area contributed by atoms with Crippen LogP contribution in [0.2, 0.25) is 0 Å². The Hall–Kier alpha value is -6.64. The van der Waals surface area contributed by atoms with Gasteiger partial charge in [-0.25, -0.2) is 0 Å². The molecule has 8 aromatic carbocycles. The molecular formula is C49H32N2. The number of hydrogen-bond donors (Lipinski definition) is 1. The van der Waals surface area contributed by atoms with Crippen molar-refractivity contribution in [1.82, 2.24) is 4.98 Å². The van der Waals surface area contributed by atoms with Crippen molar-refractivity contribution in [1.29, 1.82) is 0 Å². The number of fused-ring (bicyclic) bond motifs is 13. The SMILES string of the molecule is c1ccc(N(c2ccc(-c3ccc4[nH]c5ccccc5c4c3)cc2)c2ccc3c(c2)C2(c4ccccc4-c4ccccc42)c2ccccc2-3)cc1. The molecule has 51 heavy (non-hydrogen) atoms. The van der Waals surface area contributed by atoms with Gasteiger partial charge in [0.15, 0.2) is 0 Å². The van der Waals surface area contributed by atoms with E-state index in [1.165, 1.54) is 71.9 Å². The fraction of sp³-hybridized carbons (Fsp3) is 0.0204. The molecule has 2 heteroatoms. The van der Waals surface area contributed by atoms with Gasteiger partial charge in [0.25, 0.3) is 0 Å². The number of H-pyrrole nitrogens is 1. The predicted octanol–water partition coefficient (Wildman–Crippen LogP) is 12.8. The number of anilines is 3. The van der Waals surface area contributed by atoms with Crippen LogP contribution in [0.4, 0.5) is 17.1 Å². The van der Waals surface area contributed by atoms with E-state index in [2.05, 4.69) is 198 Å². The number of hydrogen-bond acceptors (Lipinski definition) is 1. The van der Waals surface area contributed by atoms with E-state index in [0.717, 1.165) is 22.6 Å². The van der Waals surface area contributed by atoms with Crippen molar-refractivity contribution in [3.05, 3.63) is 210 Å². The highest BCUT2D eigenvalue weighted by Gasteiger charge is 2.51. The fourth-order valence-electron chi connectivity index (χ4n) is 9.08. The third kappa shape index (κ3) is 3.93. The van der Waals surface area contributed by atoms with Crippen LogP contribution in [-0.4, -0.2) is 4.98 Å². The van der Waals surface area contributed by atoms with Crippen LogP contribution in [0, 0.1) is 0 Å². The highest BCUT2D eigenvalue weighted by Crippen LogP contribution is 2.63. The van der Waals surface area contributed by atoms with E-state index in [1.54, 1.807) is 0 Å². The van der Waals surface area contributed by atoms with E-state index in [4.69, 9.17) is 0 Å². The van der Waals surface area contributed by atoms with Crippen molar-refractivity contribution in [3.8, 4) is 33.4 Å². The first-order chi connectivity index (χ1) is 25.3. The molecule has 0 fully saturated rings. The highest BCUT2D eigenvalue weighted by molar-refractivity contribution is 6.08. The topological polar surface area (TPSA) is 19.0 Å². The Balaban J connectivity index is 1.08. The van der Waals surface area contributed by atoms with Gasteiger partial charge in [0.2, 0.25) is 0 Å². The van der Waals surface area contributed by atoms with Gasteiger partial charge in [-0.05, 0) is 110 Å². The van der Waals surface area contributed by atoms with Gasteiger partial charge < -0.3 is 9.88 Å². The summed E-state index contributed by atoms with van der Waals surface area (Å²) < 4.78 is 0. The summed E-state index contributed by atoms with van der Waals surface area (Å²) >= 11 is 0. The van der Waals surface area contributed by atoms with Crippen molar-refractivity contribution in [2.24, 2.45) is 0 Å². The molecule has 0 radical (unpaired) electrons. The zero-order valence-corrected chi connectivity index (χ0v) is 27.8. The number of benzene rings is 8. The minimum atomic E-state index is -0.387. The maximum absolute atomic E-state index is 3.56. The van der Waals surface area contributed by atoms with Gasteiger partial charge >= 0.3 is 0 Å². The molecule has 1 heterocycles. The lowest BCUT2D eigenvalue weighted by molar-refractivity contribution is 0.793.